The summed E-state index contributed by atoms with van der Waals surface area (Å²) >= 11 is 0. The van der Waals surface area contributed by atoms with Gasteiger partial charge in [-0.05, 0) is 55.2 Å². The third kappa shape index (κ3) is 4.52. The van der Waals surface area contributed by atoms with Crippen LogP contribution >= 0.6 is 7.34 Å². The summed E-state index contributed by atoms with van der Waals surface area (Å²) in [6, 6.07) is 31.5. The molecular formula is C28H29O2P. The van der Waals surface area contributed by atoms with Crippen molar-refractivity contribution in [2.75, 3.05) is 6.61 Å². The van der Waals surface area contributed by atoms with Crippen molar-refractivity contribution < 1.29 is 9.05 Å². The third-order valence-corrected chi connectivity index (χ3v) is 8.52. The lowest BCUT2D eigenvalue weighted by Crippen LogP contribution is -2.15. The molecule has 1 atom stereocenters. The van der Waals surface area contributed by atoms with Gasteiger partial charge >= 0.3 is 0 Å². The lowest BCUT2D eigenvalue weighted by molar-refractivity contribution is 0.214. The standard InChI is InChI=1S/C28H29O2P/c1-4-29-31(30-22(2)3)27(24-16-10-6-11-17-24)20-26(23-14-8-5-9-15-23)21-28(31)25-18-12-7-13-19-25/h5-22H,4H2,1-3H3. The number of benzene rings is 3. The van der Waals surface area contributed by atoms with E-state index in [1.807, 2.05) is 19.1 Å². The molecule has 158 valence electrons. The molecule has 31 heavy (non-hydrogen) atoms. The summed E-state index contributed by atoms with van der Waals surface area (Å²) in [6.45, 7) is 6.80. The Labute approximate surface area is 186 Å². The first-order valence-electron chi connectivity index (χ1n) is 10.8. The molecule has 4 rings (SSSR count). The van der Waals surface area contributed by atoms with Crippen molar-refractivity contribution in [1.29, 1.82) is 0 Å². The van der Waals surface area contributed by atoms with Crippen molar-refractivity contribution in [1.82, 2.24) is 0 Å². The van der Waals surface area contributed by atoms with E-state index in [-0.39, 0.29) is 6.10 Å². The fourth-order valence-electron chi connectivity index (χ4n) is 3.92. The quantitative estimate of drug-likeness (QED) is 0.360. The number of allylic oxidation sites excluding steroid dienone is 3. The fourth-order valence-corrected chi connectivity index (χ4v) is 7.30. The van der Waals surface area contributed by atoms with E-state index in [2.05, 4.69) is 105 Å². The van der Waals surface area contributed by atoms with Gasteiger partial charge in [-0.3, -0.25) is 0 Å². The number of rotatable bonds is 7. The van der Waals surface area contributed by atoms with Crippen molar-refractivity contribution in [3.63, 3.8) is 0 Å². The average Bonchev–Trinajstić information content (AvgIpc) is 2.80. The summed E-state index contributed by atoms with van der Waals surface area (Å²) in [5.74, 6) is 0. The Bertz CT molecular complexity index is 1120. The van der Waals surface area contributed by atoms with Crippen LogP contribution in [0.5, 0.6) is 0 Å². The van der Waals surface area contributed by atoms with E-state index in [1.54, 1.807) is 0 Å². The van der Waals surface area contributed by atoms with Gasteiger partial charge in [0, 0.05) is 10.6 Å². The minimum atomic E-state index is -2.57. The second kappa shape index (κ2) is 9.66. The van der Waals surface area contributed by atoms with E-state index in [9.17, 15) is 0 Å². The van der Waals surface area contributed by atoms with Crippen molar-refractivity contribution >= 4 is 23.5 Å². The average molecular weight is 429 g/mol. The third-order valence-electron chi connectivity index (χ3n) is 5.14. The molecular weight excluding hydrogens is 399 g/mol. The van der Waals surface area contributed by atoms with Gasteiger partial charge in [0.25, 0.3) is 0 Å². The molecule has 0 N–H and O–H groups in total. The van der Waals surface area contributed by atoms with Crippen LogP contribution in [0.2, 0.25) is 0 Å². The van der Waals surface area contributed by atoms with Crippen LogP contribution in [0.4, 0.5) is 0 Å². The zero-order valence-electron chi connectivity index (χ0n) is 18.4. The molecule has 0 bridgehead atoms. The normalized spacial score (nSPS) is 18.6. The van der Waals surface area contributed by atoms with Gasteiger partial charge < -0.3 is 9.05 Å². The first-order valence-corrected chi connectivity index (χ1v) is 12.5. The molecule has 1 unspecified atom stereocenters. The highest BCUT2D eigenvalue weighted by Crippen LogP contribution is 2.66. The lowest BCUT2D eigenvalue weighted by atomic mass is 10.0. The maximum atomic E-state index is 6.78. The number of hydrogen-bond donors (Lipinski definition) is 0. The molecule has 0 radical (unpaired) electrons. The Morgan fingerprint density at radius 3 is 1.71 bits per heavy atom. The summed E-state index contributed by atoms with van der Waals surface area (Å²) in [7, 11) is -2.57. The van der Waals surface area contributed by atoms with Crippen molar-refractivity contribution in [3.8, 4) is 0 Å². The first-order chi connectivity index (χ1) is 15.1. The smallest absolute Gasteiger partial charge is 0.163 e. The van der Waals surface area contributed by atoms with E-state index in [0.29, 0.717) is 6.61 Å². The van der Waals surface area contributed by atoms with Gasteiger partial charge in [-0.1, -0.05) is 91.0 Å². The molecule has 0 fully saturated rings. The molecule has 3 heteroatoms. The minimum Gasteiger partial charge on any atom is -0.334 e. The molecule has 3 aromatic carbocycles. The van der Waals surface area contributed by atoms with Crippen LogP contribution in [-0.2, 0) is 9.05 Å². The van der Waals surface area contributed by atoms with Gasteiger partial charge in [-0.15, -0.1) is 0 Å². The molecule has 2 nitrogen and oxygen atoms in total. The maximum absolute atomic E-state index is 6.78. The van der Waals surface area contributed by atoms with Crippen LogP contribution in [0.25, 0.3) is 10.9 Å². The Balaban J connectivity index is 2.09. The molecule has 0 saturated heterocycles. The Kier molecular flexibility index (Phi) is 6.73. The molecule has 0 aromatic heterocycles. The van der Waals surface area contributed by atoms with Crippen molar-refractivity contribution in [2.24, 2.45) is 0 Å². The Hall–Kier alpha value is -2.64. The molecule has 1 aliphatic rings. The number of hydrogen-bond acceptors (Lipinski definition) is 2. The van der Waals surface area contributed by atoms with Gasteiger partial charge in [-0.25, -0.2) is 0 Å². The van der Waals surface area contributed by atoms with Crippen LogP contribution in [0, 0.1) is 0 Å². The zero-order chi connectivity index (χ0) is 21.7. The summed E-state index contributed by atoms with van der Waals surface area (Å²) in [4.78, 5) is 0. The highest BCUT2D eigenvalue weighted by atomic mass is 31.2. The molecule has 0 saturated carbocycles. The van der Waals surface area contributed by atoms with Crippen LogP contribution in [0.15, 0.2) is 103 Å². The zero-order valence-corrected chi connectivity index (χ0v) is 19.3. The predicted octanol–water partition coefficient (Wildman–Crippen LogP) is 7.65. The van der Waals surface area contributed by atoms with E-state index in [0.717, 1.165) is 21.7 Å². The fraction of sp³-hybridized carbons (Fsp3) is 0.179. The molecule has 0 amide bonds. The summed E-state index contributed by atoms with van der Waals surface area (Å²) in [5, 5.41) is 2.26. The molecule has 0 spiro atoms. The largest absolute Gasteiger partial charge is 0.334 e. The Morgan fingerprint density at radius 2 is 1.19 bits per heavy atom. The lowest BCUT2D eigenvalue weighted by Gasteiger charge is -2.36. The summed E-state index contributed by atoms with van der Waals surface area (Å²) < 4.78 is 13.4. The maximum Gasteiger partial charge on any atom is 0.163 e. The topological polar surface area (TPSA) is 18.5 Å². The van der Waals surface area contributed by atoms with E-state index >= 15 is 0 Å². The minimum absolute atomic E-state index is 0.0254. The van der Waals surface area contributed by atoms with Gasteiger partial charge in [0.05, 0.1) is 12.7 Å². The second-order valence-corrected chi connectivity index (χ2v) is 10.3. The van der Waals surface area contributed by atoms with Crippen molar-refractivity contribution in [2.45, 2.75) is 26.9 Å². The van der Waals surface area contributed by atoms with Crippen LogP contribution in [0.3, 0.4) is 0 Å². The SMILES string of the molecule is CCOP1(OC(C)C)=C(c2ccccc2)C=C(c2ccccc2)C=C1c1ccccc1. The highest BCUT2D eigenvalue weighted by molar-refractivity contribution is 7.78. The summed E-state index contributed by atoms with van der Waals surface area (Å²) in [5.41, 5.74) is 4.63. The predicted molar refractivity (Wildman–Crippen MR) is 134 cm³/mol. The highest BCUT2D eigenvalue weighted by Gasteiger charge is 2.35. The molecule has 3 aromatic rings. The van der Waals surface area contributed by atoms with E-state index in [4.69, 9.17) is 9.05 Å². The van der Waals surface area contributed by atoms with Crippen LogP contribution < -0.4 is 0 Å². The monoisotopic (exact) mass is 428 g/mol. The van der Waals surface area contributed by atoms with Gasteiger partial charge in [0.15, 0.2) is 7.34 Å². The first kappa shape index (κ1) is 21.6. The van der Waals surface area contributed by atoms with E-state index in [1.165, 1.54) is 11.1 Å². The van der Waals surface area contributed by atoms with Crippen molar-refractivity contribution in [3.05, 3.63) is 120 Å². The van der Waals surface area contributed by atoms with Crippen LogP contribution in [-0.4, -0.2) is 18.0 Å². The van der Waals surface area contributed by atoms with E-state index < -0.39 is 7.34 Å². The second-order valence-electron chi connectivity index (χ2n) is 7.74. The van der Waals surface area contributed by atoms with Gasteiger partial charge in [0.1, 0.15) is 0 Å². The molecule has 1 heterocycles. The van der Waals surface area contributed by atoms with Gasteiger partial charge in [-0.2, -0.15) is 0 Å². The van der Waals surface area contributed by atoms with Gasteiger partial charge in [0.2, 0.25) is 0 Å². The molecule has 1 aliphatic heterocycles. The molecule has 0 aliphatic carbocycles. The van der Waals surface area contributed by atoms with Crippen LogP contribution in [0.1, 0.15) is 37.5 Å². The Morgan fingerprint density at radius 1 is 0.677 bits per heavy atom. The summed E-state index contributed by atoms with van der Waals surface area (Å²) in [6.07, 6.45) is 4.56.